The fourth-order valence-corrected chi connectivity index (χ4v) is 2.45. The molecule has 1 saturated carbocycles. The van der Waals surface area contributed by atoms with E-state index >= 15 is 0 Å². The van der Waals surface area contributed by atoms with Crippen molar-refractivity contribution in [2.75, 3.05) is 13.2 Å². The summed E-state index contributed by atoms with van der Waals surface area (Å²) in [5.74, 6) is -0.192. The van der Waals surface area contributed by atoms with Crippen molar-refractivity contribution in [3.63, 3.8) is 0 Å². The van der Waals surface area contributed by atoms with Crippen LogP contribution >= 0.6 is 0 Å². The Morgan fingerprint density at radius 2 is 2.00 bits per heavy atom. The summed E-state index contributed by atoms with van der Waals surface area (Å²) in [7, 11) is 0. The molecule has 1 aliphatic carbocycles. The molecule has 2 nitrogen and oxygen atoms in total. The first-order chi connectivity index (χ1) is 7.16. The van der Waals surface area contributed by atoms with E-state index in [0.717, 1.165) is 18.4 Å². The van der Waals surface area contributed by atoms with E-state index in [1.807, 2.05) is 6.07 Å². The molecule has 1 saturated heterocycles. The molecule has 1 aliphatic heterocycles. The average Bonchev–Trinajstić information content (AvgIpc) is 2.82. The van der Waals surface area contributed by atoms with Gasteiger partial charge in [0.05, 0.1) is 18.6 Å². The Morgan fingerprint density at radius 3 is 2.47 bits per heavy atom. The van der Waals surface area contributed by atoms with E-state index in [9.17, 15) is 4.39 Å². The van der Waals surface area contributed by atoms with Crippen molar-refractivity contribution < 1.29 is 9.13 Å². The van der Waals surface area contributed by atoms with Crippen LogP contribution in [0.4, 0.5) is 4.39 Å². The molecule has 0 amide bonds. The lowest BCUT2D eigenvalue weighted by atomic mass is 9.71. The molecular weight excluding hydrogens is 193 g/mol. The molecule has 0 radical (unpaired) electrons. The van der Waals surface area contributed by atoms with E-state index in [1.165, 1.54) is 6.07 Å². The van der Waals surface area contributed by atoms with Crippen LogP contribution in [0.3, 0.4) is 0 Å². The molecule has 1 aromatic rings. The maximum atomic E-state index is 13.2. The van der Waals surface area contributed by atoms with E-state index in [1.54, 1.807) is 12.1 Å². The highest BCUT2D eigenvalue weighted by atomic mass is 19.1. The second-order valence-electron chi connectivity index (χ2n) is 4.74. The topological polar surface area (TPSA) is 35.2 Å². The van der Waals surface area contributed by atoms with E-state index in [2.05, 4.69) is 0 Å². The van der Waals surface area contributed by atoms with Crippen LogP contribution in [-0.2, 0) is 10.2 Å². The van der Waals surface area contributed by atoms with Gasteiger partial charge in [-0.05, 0) is 30.5 Å². The van der Waals surface area contributed by atoms with Crippen molar-refractivity contribution in [1.29, 1.82) is 0 Å². The third-order valence-electron chi connectivity index (χ3n) is 3.82. The minimum absolute atomic E-state index is 0.130. The number of halogens is 1. The summed E-state index contributed by atoms with van der Waals surface area (Å²) in [6, 6.07) is 6.76. The molecule has 3 rings (SSSR count). The highest BCUT2D eigenvalue weighted by Crippen LogP contribution is 2.53. The fraction of sp³-hybridized carbons (Fsp3) is 0.500. The van der Waals surface area contributed by atoms with Gasteiger partial charge in [-0.2, -0.15) is 0 Å². The van der Waals surface area contributed by atoms with Crippen molar-refractivity contribution in [2.45, 2.75) is 23.8 Å². The van der Waals surface area contributed by atoms with Gasteiger partial charge >= 0.3 is 0 Å². The minimum Gasteiger partial charge on any atom is -0.379 e. The Hall–Kier alpha value is -0.930. The highest BCUT2D eigenvalue weighted by molar-refractivity contribution is 5.37. The van der Waals surface area contributed by atoms with Gasteiger partial charge in [-0.15, -0.1) is 0 Å². The zero-order chi connectivity index (χ0) is 10.5. The summed E-state index contributed by atoms with van der Waals surface area (Å²) in [5.41, 5.74) is 6.98. The lowest BCUT2D eigenvalue weighted by Gasteiger charge is -2.47. The predicted octanol–water partition coefficient (Wildman–Crippen LogP) is 1.58. The number of rotatable bonds is 2. The second-order valence-corrected chi connectivity index (χ2v) is 4.74. The van der Waals surface area contributed by atoms with Gasteiger partial charge in [0.15, 0.2) is 0 Å². The molecular formula is C12H14FNO. The maximum Gasteiger partial charge on any atom is 0.123 e. The van der Waals surface area contributed by atoms with Crippen molar-refractivity contribution in [1.82, 2.24) is 0 Å². The van der Waals surface area contributed by atoms with Crippen LogP contribution in [-0.4, -0.2) is 18.8 Å². The van der Waals surface area contributed by atoms with Crippen molar-refractivity contribution in [3.05, 3.63) is 35.6 Å². The third-order valence-corrected chi connectivity index (χ3v) is 3.82. The van der Waals surface area contributed by atoms with Crippen LogP contribution < -0.4 is 5.73 Å². The number of hydrogen-bond donors (Lipinski definition) is 1. The van der Waals surface area contributed by atoms with E-state index < -0.39 is 0 Å². The van der Waals surface area contributed by atoms with Crippen LogP contribution in [0.15, 0.2) is 24.3 Å². The summed E-state index contributed by atoms with van der Waals surface area (Å²) in [5, 5.41) is 0. The normalized spacial score (nSPS) is 25.7. The minimum atomic E-state index is -0.192. The molecule has 0 spiro atoms. The van der Waals surface area contributed by atoms with Gasteiger partial charge < -0.3 is 10.5 Å². The summed E-state index contributed by atoms with van der Waals surface area (Å²) < 4.78 is 18.5. The van der Waals surface area contributed by atoms with Crippen LogP contribution in [0.5, 0.6) is 0 Å². The molecule has 3 heteroatoms. The Kier molecular flexibility index (Phi) is 1.74. The zero-order valence-electron chi connectivity index (χ0n) is 8.50. The van der Waals surface area contributed by atoms with Gasteiger partial charge in [0.2, 0.25) is 0 Å². The van der Waals surface area contributed by atoms with Crippen LogP contribution in [0, 0.1) is 5.82 Å². The first-order valence-corrected chi connectivity index (χ1v) is 5.29. The Morgan fingerprint density at radius 1 is 1.27 bits per heavy atom. The van der Waals surface area contributed by atoms with Gasteiger partial charge in [0.1, 0.15) is 5.82 Å². The number of benzene rings is 1. The van der Waals surface area contributed by atoms with Crippen molar-refractivity contribution in [3.8, 4) is 0 Å². The van der Waals surface area contributed by atoms with E-state index in [0.29, 0.717) is 13.2 Å². The molecule has 2 fully saturated rings. The first kappa shape index (κ1) is 9.31. The van der Waals surface area contributed by atoms with Gasteiger partial charge in [-0.3, -0.25) is 0 Å². The average molecular weight is 207 g/mol. The lowest BCUT2D eigenvalue weighted by molar-refractivity contribution is -0.0787. The van der Waals surface area contributed by atoms with Gasteiger partial charge in [0, 0.05) is 5.54 Å². The quantitative estimate of drug-likeness (QED) is 0.799. The molecule has 0 bridgehead atoms. The van der Waals surface area contributed by atoms with Crippen molar-refractivity contribution >= 4 is 0 Å². The van der Waals surface area contributed by atoms with Gasteiger partial charge in [0.25, 0.3) is 0 Å². The molecule has 80 valence electrons. The predicted molar refractivity (Wildman–Crippen MR) is 55.0 cm³/mol. The number of nitrogens with two attached hydrogens (primary N) is 1. The smallest absolute Gasteiger partial charge is 0.123 e. The number of ether oxygens (including phenoxy) is 1. The van der Waals surface area contributed by atoms with Crippen LogP contribution in [0.25, 0.3) is 0 Å². The molecule has 15 heavy (non-hydrogen) atoms. The monoisotopic (exact) mass is 207 g/mol. The molecule has 0 unspecified atom stereocenters. The summed E-state index contributed by atoms with van der Waals surface area (Å²) in [6.07, 6.45) is 2.04. The summed E-state index contributed by atoms with van der Waals surface area (Å²) in [4.78, 5) is 0. The first-order valence-electron chi connectivity index (χ1n) is 5.29. The van der Waals surface area contributed by atoms with E-state index in [-0.39, 0.29) is 16.8 Å². The maximum absolute atomic E-state index is 13.2. The summed E-state index contributed by atoms with van der Waals surface area (Å²) >= 11 is 0. The van der Waals surface area contributed by atoms with Crippen molar-refractivity contribution in [2.24, 2.45) is 5.73 Å². The highest BCUT2D eigenvalue weighted by Gasteiger charge is 2.61. The second kappa shape index (κ2) is 2.80. The molecule has 0 atom stereocenters. The van der Waals surface area contributed by atoms with Gasteiger partial charge in [-0.1, -0.05) is 12.1 Å². The third kappa shape index (κ3) is 1.17. The Balaban J connectivity index is 2.03. The van der Waals surface area contributed by atoms with E-state index in [4.69, 9.17) is 10.5 Å². The molecule has 1 aromatic carbocycles. The lowest BCUT2D eigenvalue weighted by Crippen LogP contribution is -2.60. The zero-order valence-corrected chi connectivity index (χ0v) is 8.50. The fourth-order valence-electron chi connectivity index (χ4n) is 2.45. The van der Waals surface area contributed by atoms with Gasteiger partial charge in [-0.25, -0.2) is 4.39 Å². The molecule has 0 aromatic heterocycles. The number of hydrogen-bond acceptors (Lipinski definition) is 2. The molecule has 2 aliphatic rings. The Labute approximate surface area is 88.2 Å². The SMILES string of the molecule is NC1(C2(c3cccc(F)c3)COC2)CC1. The molecule has 2 N–H and O–H groups in total. The molecule has 1 heterocycles. The van der Waals surface area contributed by atoms with Crippen LogP contribution in [0.2, 0.25) is 0 Å². The van der Waals surface area contributed by atoms with Crippen LogP contribution in [0.1, 0.15) is 18.4 Å². The summed E-state index contributed by atoms with van der Waals surface area (Å²) in [6.45, 7) is 1.26. The largest absolute Gasteiger partial charge is 0.379 e. The Bertz CT molecular complexity index is 396. The standard InChI is InChI=1S/C12H14FNO/c13-10-3-1-2-9(6-10)11(7-15-8-11)12(14)4-5-12/h1-3,6H,4-5,7-8,14H2.